The van der Waals surface area contributed by atoms with E-state index in [1.807, 2.05) is 0 Å². The fourth-order valence-electron chi connectivity index (χ4n) is 9.28. The molecule has 2 unspecified atom stereocenters. The molecule has 4 nitrogen and oxygen atoms in total. The molecule has 374 valence electrons. The number of amides is 1. The lowest BCUT2D eigenvalue weighted by atomic mass is 10.0. The molecule has 4 heteroatoms. The first-order valence-electron chi connectivity index (χ1n) is 29.0. The minimum atomic E-state index is -0.657. The van der Waals surface area contributed by atoms with E-state index in [1.165, 1.54) is 270 Å². The molecule has 0 rings (SSSR count). The zero-order valence-corrected chi connectivity index (χ0v) is 43.1. The third-order valence-electron chi connectivity index (χ3n) is 13.7. The average Bonchev–Trinajstić information content (AvgIpc) is 3.29. The van der Waals surface area contributed by atoms with Gasteiger partial charge in [-0.1, -0.05) is 301 Å². The van der Waals surface area contributed by atoms with Crippen molar-refractivity contribution >= 4 is 5.91 Å². The van der Waals surface area contributed by atoms with Crippen LogP contribution in [0.4, 0.5) is 0 Å². The van der Waals surface area contributed by atoms with Crippen molar-refractivity contribution in [1.82, 2.24) is 5.32 Å². The maximum Gasteiger partial charge on any atom is 0.220 e. The highest BCUT2D eigenvalue weighted by atomic mass is 16.3. The molecule has 0 fully saturated rings. The van der Waals surface area contributed by atoms with Crippen molar-refractivity contribution < 1.29 is 15.0 Å². The van der Waals surface area contributed by atoms with Crippen LogP contribution in [0.25, 0.3) is 0 Å². The molecule has 0 saturated heterocycles. The number of hydrogen-bond donors (Lipinski definition) is 3. The van der Waals surface area contributed by atoms with Crippen molar-refractivity contribution in [3.8, 4) is 0 Å². The van der Waals surface area contributed by atoms with Crippen LogP contribution in [0.2, 0.25) is 0 Å². The molecule has 0 radical (unpaired) electrons. The summed E-state index contributed by atoms with van der Waals surface area (Å²) in [6, 6.07) is -0.534. The highest BCUT2D eigenvalue weighted by molar-refractivity contribution is 5.76. The van der Waals surface area contributed by atoms with E-state index in [1.54, 1.807) is 0 Å². The normalized spacial score (nSPS) is 12.9. The molecule has 0 heterocycles. The molecule has 0 aliphatic carbocycles. The Labute approximate surface area is 396 Å². The lowest BCUT2D eigenvalue weighted by molar-refractivity contribution is -0.123. The number of aliphatic hydroxyl groups excluding tert-OH is 2. The van der Waals surface area contributed by atoms with Crippen LogP contribution >= 0.6 is 0 Å². The molecule has 0 aromatic rings. The van der Waals surface area contributed by atoms with Gasteiger partial charge in [0.15, 0.2) is 0 Å². The Hall–Kier alpha value is -1.13. The van der Waals surface area contributed by atoms with Crippen LogP contribution in [0, 0.1) is 0 Å². The number of aliphatic hydroxyl groups is 2. The van der Waals surface area contributed by atoms with Crippen LogP contribution in [-0.4, -0.2) is 34.9 Å². The second-order valence-corrected chi connectivity index (χ2v) is 20.1. The lowest BCUT2D eigenvalue weighted by Crippen LogP contribution is -2.45. The molecule has 1 amide bonds. The Morgan fingerprint density at radius 1 is 0.381 bits per heavy atom. The van der Waals surface area contributed by atoms with Crippen molar-refractivity contribution in [2.75, 3.05) is 6.61 Å². The summed E-state index contributed by atoms with van der Waals surface area (Å²) in [5.41, 5.74) is 0. The molecule has 0 bridgehead atoms. The second-order valence-electron chi connectivity index (χ2n) is 20.1. The second kappa shape index (κ2) is 55.2. The third kappa shape index (κ3) is 51.7. The SMILES string of the molecule is CCCCCCC/C=C\C/C=C\CCCCCCCCCCCCCCCCCCCCCC(=O)NC(CO)C(O)CCCCCCCCCCCCCCCCCCCCCC. The van der Waals surface area contributed by atoms with Gasteiger partial charge in [-0.3, -0.25) is 4.79 Å². The number of carbonyl (C=O) groups excluding carboxylic acids is 1. The van der Waals surface area contributed by atoms with Gasteiger partial charge in [-0.2, -0.15) is 0 Å². The van der Waals surface area contributed by atoms with Gasteiger partial charge < -0.3 is 15.5 Å². The number of hydrogen-bond acceptors (Lipinski definition) is 3. The van der Waals surface area contributed by atoms with Crippen molar-refractivity contribution in [2.24, 2.45) is 0 Å². The monoisotopic (exact) mass is 886 g/mol. The minimum Gasteiger partial charge on any atom is -0.394 e. The van der Waals surface area contributed by atoms with Gasteiger partial charge in [-0.15, -0.1) is 0 Å². The fourth-order valence-corrected chi connectivity index (χ4v) is 9.28. The lowest BCUT2D eigenvalue weighted by Gasteiger charge is -2.22. The van der Waals surface area contributed by atoms with Gasteiger partial charge in [-0.25, -0.2) is 0 Å². The predicted molar refractivity (Wildman–Crippen MR) is 281 cm³/mol. The fraction of sp³-hybridized carbons (Fsp3) is 0.915. The van der Waals surface area contributed by atoms with Gasteiger partial charge in [-0.05, 0) is 44.9 Å². The zero-order chi connectivity index (χ0) is 45.6. The Morgan fingerprint density at radius 3 is 0.952 bits per heavy atom. The summed E-state index contributed by atoms with van der Waals surface area (Å²) in [4.78, 5) is 12.5. The summed E-state index contributed by atoms with van der Waals surface area (Å²) in [6.07, 6.45) is 73.2. The third-order valence-corrected chi connectivity index (χ3v) is 13.7. The van der Waals surface area contributed by atoms with E-state index < -0.39 is 12.1 Å². The van der Waals surface area contributed by atoms with E-state index in [9.17, 15) is 15.0 Å². The highest BCUT2D eigenvalue weighted by Crippen LogP contribution is 2.18. The summed E-state index contributed by atoms with van der Waals surface area (Å²) in [5.74, 6) is -0.0245. The van der Waals surface area contributed by atoms with Crippen LogP contribution in [-0.2, 0) is 4.79 Å². The van der Waals surface area contributed by atoms with Crippen LogP contribution in [0.1, 0.15) is 328 Å². The number of nitrogens with one attached hydrogen (secondary N) is 1. The van der Waals surface area contributed by atoms with Gasteiger partial charge in [0.05, 0.1) is 18.8 Å². The first kappa shape index (κ1) is 61.9. The van der Waals surface area contributed by atoms with Gasteiger partial charge in [0.1, 0.15) is 0 Å². The van der Waals surface area contributed by atoms with E-state index in [2.05, 4.69) is 43.5 Å². The number of rotatable bonds is 54. The van der Waals surface area contributed by atoms with Crippen molar-refractivity contribution in [2.45, 2.75) is 341 Å². The first-order chi connectivity index (χ1) is 31.2. The first-order valence-corrected chi connectivity index (χ1v) is 29.0. The minimum absolute atomic E-state index is 0.0245. The Balaban J connectivity index is 3.41. The van der Waals surface area contributed by atoms with E-state index in [0.717, 1.165) is 32.1 Å². The molecule has 0 aromatic heterocycles. The van der Waals surface area contributed by atoms with Crippen LogP contribution in [0.15, 0.2) is 24.3 Å². The Kier molecular flexibility index (Phi) is 54.2. The van der Waals surface area contributed by atoms with Gasteiger partial charge in [0.2, 0.25) is 5.91 Å². The summed E-state index contributed by atoms with van der Waals surface area (Å²) in [5, 5.41) is 23.4. The highest BCUT2D eigenvalue weighted by Gasteiger charge is 2.20. The molecule has 0 aromatic carbocycles. The largest absolute Gasteiger partial charge is 0.394 e. The standard InChI is InChI=1S/C59H115NO3/c1-3-5-7-9-11-13-15-17-19-21-23-25-26-27-28-29-30-31-32-33-34-35-37-39-41-43-45-47-49-51-53-55-59(63)60-57(56-61)58(62)54-52-50-48-46-44-42-40-38-36-24-22-20-18-16-14-12-10-8-6-4-2/h15,17,21,23,57-58,61-62H,3-14,16,18-20,22,24-56H2,1-2H3,(H,60,63)/b17-15-,23-21-. The molecule has 0 aliphatic heterocycles. The van der Waals surface area contributed by atoms with Gasteiger partial charge >= 0.3 is 0 Å². The van der Waals surface area contributed by atoms with E-state index >= 15 is 0 Å². The predicted octanol–water partition coefficient (Wildman–Crippen LogP) is 19.1. The van der Waals surface area contributed by atoms with Crippen molar-refractivity contribution in [1.29, 1.82) is 0 Å². The average molecular weight is 887 g/mol. The maximum absolute atomic E-state index is 12.5. The topological polar surface area (TPSA) is 69.6 Å². The summed E-state index contributed by atoms with van der Waals surface area (Å²) in [7, 11) is 0. The summed E-state index contributed by atoms with van der Waals surface area (Å²) >= 11 is 0. The Morgan fingerprint density at radius 2 is 0.651 bits per heavy atom. The molecule has 0 spiro atoms. The number of carbonyl (C=O) groups is 1. The molecule has 3 N–H and O–H groups in total. The van der Waals surface area contributed by atoms with Crippen molar-refractivity contribution in [3.63, 3.8) is 0 Å². The van der Waals surface area contributed by atoms with E-state index in [4.69, 9.17) is 0 Å². The molecule has 0 aliphatic rings. The number of unbranched alkanes of at least 4 members (excludes halogenated alkanes) is 43. The Bertz CT molecular complexity index is 916. The summed E-state index contributed by atoms with van der Waals surface area (Å²) in [6.45, 7) is 4.38. The number of allylic oxidation sites excluding steroid dienone is 4. The molecule has 2 atom stereocenters. The van der Waals surface area contributed by atoms with Crippen LogP contribution < -0.4 is 5.32 Å². The quantitative estimate of drug-likeness (QED) is 0.0421. The molecular formula is C59H115NO3. The zero-order valence-electron chi connectivity index (χ0n) is 43.1. The van der Waals surface area contributed by atoms with Crippen molar-refractivity contribution in [3.05, 3.63) is 24.3 Å². The summed E-state index contributed by atoms with van der Waals surface area (Å²) < 4.78 is 0. The molecule has 63 heavy (non-hydrogen) atoms. The molecular weight excluding hydrogens is 771 g/mol. The van der Waals surface area contributed by atoms with Crippen LogP contribution in [0.3, 0.4) is 0 Å². The van der Waals surface area contributed by atoms with E-state index in [0.29, 0.717) is 12.8 Å². The smallest absolute Gasteiger partial charge is 0.220 e. The maximum atomic E-state index is 12.5. The van der Waals surface area contributed by atoms with Gasteiger partial charge in [0, 0.05) is 6.42 Å². The van der Waals surface area contributed by atoms with Gasteiger partial charge in [0.25, 0.3) is 0 Å². The molecule has 0 saturated carbocycles. The van der Waals surface area contributed by atoms with Crippen LogP contribution in [0.5, 0.6) is 0 Å². The van der Waals surface area contributed by atoms with E-state index in [-0.39, 0.29) is 12.5 Å².